The van der Waals surface area contributed by atoms with Crippen LogP contribution in [0.15, 0.2) is 0 Å². The average Bonchev–Trinajstić information content (AvgIpc) is 1.77. The molecule has 0 unspecified atom stereocenters. The van der Waals surface area contributed by atoms with Crippen molar-refractivity contribution in [3.63, 3.8) is 0 Å². The van der Waals surface area contributed by atoms with Gasteiger partial charge in [-0.05, 0) is 0 Å². The van der Waals surface area contributed by atoms with Gasteiger partial charge < -0.3 is 10.2 Å². The highest BCUT2D eigenvalue weighted by molar-refractivity contribution is 7.99. The van der Waals surface area contributed by atoms with Gasteiger partial charge in [0.15, 0.2) is 0 Å². The van der Waals surface area contributed by atoms with Crippen LogP contribution in [0, 0.1) is 0 Å². The van der Waals surface area contributed by atoms with Crippen molar-refractivity contribution in [2.24, 2.45) is 0 Å². The van der Waals surface area contributed by atoms with E-state index in [0.717, 1.165) is 0 Å². The molecule has 0 radical (unpaired) electrons. The molecular formula is C4H10O2S. The van der Waals surface area contributed by atoms with Gasteiger partial charge in [0.05, 0.1) is 18.6 Å². The lowest BCUT2D eigenvalue weighted by Crippen LogP contribution is -1.91. The summed E-state index contributed by atoms with van der Waals surface area (Å²) in [7, 11) is 0. The molecule has 0 aromatic rings. The van der Waals surface area contributed by atoms with Crippen molar-refractivity contribution in [2.75, 3.05) is 24.5 Å². The molecule has 0 heterocycles. The lowest BCUT2D eigenvalue weighted by atomic mass is 10.9. The molecule has 0 saturated heterocycles. The molecule has 0 aliphatic heterocycles. The third-order valence-electron chi connectivity index (χ3n) is 0.193. The molecule has 0 aliphatic carbocycles. The summed E-state index contributed by atoms with van der Waals surface area (Å²) < 4.78 is 54.7. The minimum atomic E-state index is -3.35. The first-order valence-corrected chi connectivity index (χ1v) is 2.17. The van der Waals surface area contributed by atoms with E-state index >= 15 is 0 Å². The summed E-state index contributed by atoms with van der Waals surface area (Å²) in [6.45, 7) is -6.70. The molecule has 0 bridgehead atoms. The zero-order valence-corrected chi connectivity index (χ0v) is 4.12. The second kappa shape index (κ2) is 6.27. The molecule has 7 heavy (non-hydrogen) atoms. The summed E-state index contributed by atoms with van der Waals surface area (Å²) in [4.78, 5) is 0. The highest BCUT2D eigenvalue weighted by atomic mass is 32.2. The summed E-state index contributed by atoms with van der Waals surface area (Å²) >= 11 is -0.465. The van der Waals surface area contributed by atoms with E-state index in [1.807, 2.05) is 0 Å². The van der Waals surface area contributed by atoms with Crippen LogP contribution in [-0.4, -0.2) is 34.7 Å². The van der Waals surface area contributed by atoms with Crippen LogP contribution in [0.2, 0.25) is 0 Å². The summed E-state index contributed by atoms with van der Waals surface area (Å²) in [6, 6.07) is 0. The van der Waals surface area contributed by atoms with Crippen molar-refractivity contribution in [2.45, 2.75) is 0 Å². The van der Waals surface area contributed by atoms with Gasteiger partial charge in [0.2, 0.25) is 0 Å². The molecule has 3 heteroatoms. The monoisotopic (exact) mass is 130 g/mol. The van der Waals surface area contributed by atoms with Crippen LogP contribution in [0.3, 0.4) is 0 Å². The molecule has 2 nitrogen and oxygen atoms in total. The van der Waals surface area contributed by atoms with E-state index < -0.39 is 36.3 Å². The number of hydrogen-bond acceptors (Lipinski definition) is 3. The Morgan fingerprint density at radius 3 is 2.00 bits per heavy atom. The number of thioether (sulfide) groups is 1. The van der Waals surface area contributed by atoms with Crippen LogP contribution < -0.4 is 0 Å². The summed E-state index contributed by atoms with van der Waals surface area (Å²) in [5, 5.41) is 17.5. The third-order valence-corrected chi connectivity index (χ3v) is 0.580. The smallest absolute Gasteiger partial charge is 0.0572 e. The molecule has 0 aliphatic rings. The Balaban J connectivity index is 4.89. The van der Waals surface area contributed by atoms with Gasteiger partial charge in [-0.25, -0.2) is 0 Å². The molecule has 44 valence electrons. The first-order chi connectivity index (χ1) is 6.21. The molecule has 0 atom stereocenters. The normalized spacial score (nSPS) is 34.6. The summed E-state index contributed by atoms with van der Waals surface area (Å²) in [5.41, 5.74) is -6.18. The molecule has 0 fully saturated rings. The minimum Gasteiger partial charge on any atom is -0.396 e. The van der Waals surface area contributed by atoms with E-state index in [9.17, 15) is 0 Å². The van der Waals surface area contributed by atoms with Crippen LogP contribution >= 0.6 is 11.8 Å². The van der Waals surface area contributed by atoms with Crippen molar-refractivity contribution in [3.8, 4) is 0 Å². The van der Waals surface area contributed by atoms with Crippen molar-refractivity contribution < 1.29 is 21.2 Å². The van der Waals surface area contributed by atoms with Crippen LogP contribution in [0.1, 0.15) is 11.0 Å². The first kappa shape index (κ1) is 1.40. The number of rotatable bonds is 4. The highest BCUT2D eigenvalue weighted by Crippen LogP contribution is 1.94. The van der Waals surface area contributed by atoms with Crippen molar-refractivity contribution in [1.82, 2.24) is 0 Å². The largest absolute Gasteiger partial charge is 0.396 e. The predicted octanol–water partition coefficient (Wildman–Crippen LogP) is -0.296. The Morgan fingerprint density at radius 1 is 1.29 bits per heavy atom. The van der Waals surface area contributed by atoms with Gasteiger partial charge in [0.1, 0.15) is 0 Å². The Morgan fingerprint density at radius 2 is 1.71 bits per heavy atom. The Labute approximate surface area is 58.8 Å². The lowest BCUT2D eigenvalue weighted by molar-refractivity contribution is 0.318. The van der Waals surface area contributed by atoms with Gasteiger partial charge in [-0.15, -0.1) is 0 Å². The van der Waals surface area contributed by atoms with Gasteiger partial charge in [-0.1, -0.05) is 0 Å². The van der Waals surface area contributed by atoms with Crippen molar-refractivity contribution in [1.29, 1.82) is 0 Å². The quantitative estimate of drug-likeness (QED) is 0.549. The molecule has 0 rings (SSSR count). The Bertz CT molecular complexity index is 206. The maximum Gasteiger partial charge on any atom is 0.0572 e. The van der Waals surface area contributed by atoms with E-state index in [1.165, 1.54) is 0 Å². The fourth-order valence-corrected chi connectivity index (χ4v) is 0.213. The number of hydrogen-bond donors (Lipinski definition) is 2. The molecule has 2 N–H and O–H groups in total. The topological polar surface area (TPSA) is 40.5 Å². The molecule has 0 amide bonds. The Hall–Kier alpha value is 0.270. The molecule has 0 saturated carbocycles. The molecule has 0 aromatic heterocycles. The van der Waals surface area contributed by atoms with Crippen molar-refractivity contribution >= 4 is 11.8 Å². The first-order valence-electron chi connectivity index (χ1n) is 5.36. The average molecular weight is 130 g/mol. The molecule has 0 spiro atoms. The lowest BCUT2D eigenvalue weighted by Gasteiger charge is -1.90. The van der Waals surface area contributed by atoms with Crippen molar-refractivity contribution in [3.05, 3.63) is 0 Å². The Kier molecular flexibility index (Phi) is 1.26. The third kappa shape index (κ3) is 6.27. The fraction of sp³-hybridized carbons (Fsp3) is 1.00. The predicted molar refractivity (Wildman–Crippen MR) is 31.5 cm³/mol. The van der Waals surface area contributed by atoms with Crippen LogP contribution in [0.25, 0.3) is 0 Å². The van der Waals surface area contributed by atoms with Gasteiger partial charge in [-0.3, -0.25) is 0 Å². The SMILES string of the molecule is [2H]C([2H])(O)C([2H])([2H])SC([2H])([2H])C([2H])([2H])O. The molecule has 0 aromatic carbocycles. The second-order valence-electron chi connectivity index (χ2n) is 0.530. The van der Waals surface area contributed by atoms with E-state index in [2.05, 4.69) is 0 Å². The maximum absolute atomic E-state index is 8.74. The summed E-state index contributed by atoms with van der Waals surface area (Å²) in [5.74, 6) is 0. The van der Waals surface area contributed by atoms with E-state index in [4.69, 9.17) is 21.2 Å². The van der Waals surface area contributed by atoms with Crippen LogP contribution in [0.4, 0.5) is 0 Å². The molecular weight excluding hydrogens is 112 g/mol. The van der Waals surface area contributed by atoms with Crippen LogP contribution in [-0.2, 0) is 0 Å². The van der Waals surface area contributed by atoms with Gasteiger partial charge in [-0.2, -0.15) is 11.8 Å². The minimum absolute atomic E-state index is 0.465. The highest BCUT2D eigenvalue weighted by Gasteiger charge is 1.81. The van der Waals surface area contributed by atoms with E-state index in [-0.39, 0.29) is 0 Å². The fourth-order valence-electron chi connectivity index (χ4n) is 0.0712. The van der Waals surface area contributed by atoms with E-state index in [1.54, 1.807) is 0 Å². The van der Waals surface area contributed by atoms with Gasteiger partial charge in [0.25, 0.3) is 0 Å². The van der Waals surface area contributed by atoms with Gasteiger partial charge >= 0.3 is 0 Å². The summed E-state index contributed by atoms with van der Waals surface area (Å²) in [6.07, 6.45) is 0. The maximum atomic E-state index is 8.74. The second-order valence-corrected chi connectivity index (χ2v) is 1.14. The van der Waals surface area contributed by atoms with E-state index in [0.29, 0.717) is 0 Å². The standard InChI is InChI=1S/C4H10O2S/c5-1-3-7-4-2-6/h5-6H,1-4H2/i1D2,2D2,3D2,4D2. The van der Waals surface area contributed by atoms with Gasteiger partial charge in [0, 0.05) is 16.9 Å². The number of aliphatic hydroxyl groups is 2. The van der Waals surface area contributed by atoms with Crippen LogP contribution in [0.5, 0.6) is 0 Å². The zero-order chi connectivity index (χ0) is 12.7. The zero-order valence-electron chi connectivity index (χ0n) is 11.3.